The maximum atomic E-state index is 5.23. The highest BCUT2D eigenvalue weighted by molar-refractivity contribution is 6.73. The Kier molecular flexibility index (Phi) is 6.77. The monoisotopic (exact) mass is 225 g/mol. The first kappa shape index (κ1) is 13.2. The minimum atomic E-state index is -2.53. The van der Waals surface area contributed by atoms with Crippen molar-refractivity contribution in [3.05, 3.63) is 0 Å². The first-order chi connectivity index (χ1) is 6.17. The molecular weight excluding hydrogens is 208 g/mol. The zero-order valence-electron chi connectivity index (χ0n) is 8.75. The quantitative estimate of drug-likeness (QED) is 0.579. The van der Waals surface area contributed by atoms with Gasteiger partial charge in [0.1, 0.15) is 0 Å². The zero-order chi connectivity index (χ0) is 10.3. The van der Waals surface area contributed by atoms with E-state index in [2.05, 4.69) is 0 Å². The molecule has 0 aromatic carbocycles. The van der Waals surface area contributed by atoms with Gasteiger partial charge in [-0.1, -0.05) is 0 Å². The van der Waals surface area contributed by atoms with Gasteiger partial charge in [-0.15, -0.1) is 0 Å². The minimum Gasteiger partial charge on any atom is -0.397 e. The van der Waals surface area contributed by atoms with Crippen molar-refractivity contribution in [2.75, 3.05) is 35.5 Å². The smallest absolute Gasteiger partial charge is 0.397 e. The summed E-state index contributed by atoms with van der Waals surface area (Å²) in [6.45, 7) is 0. The molecule has 0 fully saturated rings. The van der Waals surface area contributed by atoms with Gasteiger partial charge in [-0.05, 0) is 0 Å². The van der Waals surface area contributed by atoms with Crippen molar-refractivity contribution in [1.29, 1.82) is 0 Å². The fourth-order valence-corrected chi connectivity index (χ4v) is 5.84. The van der Waals surface area contributed by atoms with Crippen LogP contribution in [-0.2, 0) is 22.1 Å². The molecule has 0 N–H and O–H groups in total. The minimum absolute atomic E-state index is 0.578. The summed E-state index contributed by atoms with van der Waals surface area (Å²) in [5.74, 6) is 0. The van der Waals surface area contributed by atoms with E-state index in [9.17, 15) is 0 Å². The second-order valence-electron chi connectivity index (χ2n) is 2.25. The number of hydrogen-bond acceptors (Lipinski definition) is 5. The van der Waals surface area contributed by atoms with Crippen LogP contribution in [0.3, 0.4) is 0 Å². The predicted octanol–water partition coefficient (Wildman–Crippen LogP) is 0.185. The average Bonchev–Trinajstić information content (AvgIpc) is 2.21. The third-order valence-electron chi connectivity index (χ3n) is 1.75. The van der Waals surface area contributed by atoms with E-state index in [1.807, 2.05) is 0 Å². The summed E-state index contributed by atoms with van der Waals surface area (Å²) in [6, 6.07) is 0. The van der Waals surface area contributed by atoms with Crippen molar-refractivity contribution >= 4 is 18.1 Å². The Morgan fingerprint density at radius 2 is 1.23 bits per heavy atom. The Balaban J connectivity index is 4.21. The van der Waals surface area contributed by atoms with Crippen LogP contribution in [0, 0.1) is 0 Å². The highest BCUT2D eigenvalue weighted by Crippen LogP contribution is 2.14. The molecule has 0 aliphatic heterocycles. The van der Waals surface area contributed by atoms with Crippen LogP contribution in [-0.4, -0.2) is 53.6 Å². The standard InChI is InChI=1S/C6H17O5Si2/c1-7-12(8-2)6-13(9-3,10-4)11-5/h6H2,1-5H3. The second-order valence-corrected chi connectivity index (χ2v) is 7.82. The van der Waals surface area contributed by atoms with E-state index in [1.165, 1.54) is 0 Å². The molecule has 79 valence electrons. The molecule has 0 rings (SSSR count). The molecule has 0 saturated carbocycles. The van der Waals surface area contributed by atoms with Crippen LogP contribution in [0.15, 0.2) is 0 Å². The number of rotatable bonds is 7. The molecule has 0 spiro atoms. The van der Waals surface area contributed by atoms with Crippen molar-refractivity contribution in [3.8, 4) is 0 Å². The maximum Gasteiger partial charge on any atom is 0.501 e. The molecule has 7 heteroatoms. The summed E-state index contributed by atoms with van der Waals surface area (Å²) in [7, 11) is 4.08. The van der Waals surface area contributed by atoms with Gasteiger partial charge >= 0.3 is 18.1 Å². The lowest BCUT2D eigenvalue weighted by Gasteiger charge is -2.25. The summed E-state index contributed by atoms with van der Waals surface area (Å²) >= 11 is 0. The first-order valence-corrected chi connectivity index (χ1v) is 7.22. The molecule has 0 aliphatic carbocycles. The van der Waals surface area contributed by atoms with Gasteiger partial charge in [-0.25, -0.2) is 0 Å². The van der Waals surface area contributed by atoms with Crippen LogP contribution in [0.1, 0.15) is 0 Å². The molecule has 0 aromatic rings. The third-order valence-corrected chi connectivity index (χ3v) is 7.41. The average molecular weight is 225 g/mol. The summed E-state index contributed by atoms with van der Waals surface area (Å²) in [5, 5.41) is 0. The zero-order valence-corrected chi connectivity index (χ0v) is 10.7. The SMILES string of the molecule is CO[Si](C[Si](OC)(OC)OC)OC. The van der Waals surface area contributed by atoms with Gasteiger partial charge in [-0.3, -0.25) is 0 Å². The molecule has 13 heavy (non-hydrogen) atoms. The van der Waals surface area contributed by atoms with E-state index in [0.717, 1.165) is 0 Å². The summed E-state index contributed by atoms with van der Waals surface area (Å²) in [6.07, 6.45) is 0. The molecule has 1 radical (unpaired) electrons. The normalized spacial score (nSPS) is 12.5. The Bertz CT molecular complexity index is 118. The molecular formula is C6H17O5Si2. The molecule has 0 amide bonds. The van der Waals surface area contributed by atoms with Crippen molar-refractivity contribution < 1.29 is 22.1 Å². The van der Waals surface area contributed by atoms with Crippen molar-refractivity contribution in [2.45, 2.75) is 5.67 Å². The van der Waals surface area contributed by atoms with E-state index < -0.39 is 18.1 Å². The Morgan fingerprint density at radius 3 is 1.46 bits per heavy atom. The first-order valence-electron chi connectivity index (χ1n) is 3.77. The summed E-state index contributed by atoms with van der Waals surface area (Å²) in [4.78, 5) is 0. The van der Waals surface area contributed by atoms with E-state index in [4.69, 9.17) is 22.1 Å². The molecule has 5 nitrogen and oxygen atoms in total. The summed E-state index contributed by atoms with van der Waals surface area (Å²) < 4.78 is 26.0. The highest BCUT2D eigenvalue weighted by atomic mass is 28.4. The van der Waals surface area contributed by atoms with Crippen LogP contribution >= 0.6 is 0 Å². The van der Waals surface area contributed by atoms with Gasteiger partial charge in [0.05, 0.1) is 5.67 Å². The van der Waals surface area contributed by atoms with E-state index in [1.54, 1.807) is 35.5 Å². The lowest BCUT2D eigenvalue weighted by molar-refractivity contribution is 0.124. The van der Waals surface area contributed by atoms with Crippen LogP contribution in [0.25, 0.3) is 0 Å². The second kappa shape index (κ2) is 6.65. The molecule has 0 aliphatic rings. The van der Waals surface area contributed by atoms with Gasteiger partial charge in [-0.2, -0.15) is 0 Å². The van der Waals surface area contributed by atoms with Crippen LogP contribution in [0.5, 0.6) is 0 Å². The Hall–Kier alpha value is 0.234. The Labute approximate surface area is 82.1 Å². The van der Waals surface area contributed by atoms with Crippen molar-refractivity contribution in [1.82, 2.24) is 0 Å². The van der Waals surface area contributed by atoms with Gasteiger partial charge in [0.15, 0.2) is 0 Å². The lowest BCUT2D eigenvalue weighted by Crippen LogP contribution is -2.47. The third kappa shape index (κ3) is 3.85. The van der Waals surface area contributed by atoms with E-state index in [0.29, 0.717) is 5.67 Å². The van der Waals surface area contributed by atoms with Gasteiger partial charge in [0.25, 0.3) is 0 Å². The van der Waals surface area contributed by atoms with Crippen LogP contribution in [0.4, 0.5) is 0 Å². The highest BCUT2D eigenvalue weighted by Gasteiger charge is 2.43. The van der Waals surface area contributed by atoms with Crippen LogP contribution in [0.2, 0.25) is 5.67 Å². The van der Waals surface area contributed by atoms with Crippen molar-refractivity contribution in [2.24, 2.45) is 0 Å². The van der Waals surface area contributed by atoms with Gasteiger partial charge < -0.3 is 22.1 Å². The topological polar surface area (TPSA) is 46.2 Å². The van der Waals surface area contributed by atoms with E-state index >= 15 is 0 Å². The molecule has 0 saturated heterocycles. The fourth-order valence-electron chi connectivity index (χ4n) is 0.871. The van der Waals surface area contributed by atoms with Gasteiger partial charge in [0.2, 0.25) is 0 Å². The lowest BCUT2D eigenvalue weighted by atomic mass is 11.8. The van der Waals surface area contributed by atoms with E-state index in [-0.39, 0.29) is 0 Å². The maximum absolute atomic E-state index is 5.23. The fraction of sp³-hybridized carbons (Fsp3) is 1.00. The molecule has 0 unspecified atom stereocenters. The largest absolute Gasteiger partial charge is 0.501 e. The molecule has 0 heterocycles. The predicted molar refractivity (Wildman–Crippen MR) is 51.4 cm³/mol. The Morgan fingerprint density at radius 1 is 0.846 bits per heavy atom. The number of hydrogen-bond donors (Lipinski definition) is 0. The molecule has 0 aromatic heterocycles. The van der Waals surface area contributed by atoms with Crippen molar-refractivity contribution in [3.63, 3.8) is 0 Å². The molecule has 0 bridgehead atoms. The summed E-state index contributed by atoms with van der Waals surface area (Å²) in [5.41, 5.74) is 0.578. The van der Waals surface area contributed by atoms with Gasteiger partial charge in [0, 0.05) is 35.5 Å². The molecule has 0 atom stereocenters. The van der Waals surface area contributed by atoms with Crippen LogP contribution < -0.4 is 0 Å².